The van der Waals surface area contributed by atoms with Gasteiger partial charge in [-0.25, -0.2) is 9.59 Å². The third kappa shape index (κ3) is 4.22. The first kappa shape index (κ1) is 18.4. The van der Waals surface area contributed by atoms with Crippen molar-refractivity contribution in [3.63, 3.8) is 0 Å². The maximum atomic E-state index is 12.4. The first-order chi connectivity index (χ1) is 12.6. The Bertz CT molecular complexity index is 683. The van der Waals surface area contributed by atoms with E-state index in [0.717, 1.165) is 37.2 Å². The fourth-order valence-corrected chi connectivity index (χ4v) is 3.55. The molecule has 2 heterocycles. The number of piperidine rings is 1. The lowest BCUT2D eigenvalue weighted by atomic mass is 10.0. The number of hydrogen-bond acceptors (Lipinski definition) is 5. The number of Topliss-reactive ketones (excluding diaryl/α,β-unsaturated/α-hetero) is 1. The summed E-state index contributed by atoms with van der Waals surface area (Å²) in [7, 11) is 0. The highest BCUT2D eigenvalue weighted by Crippen LogP contribution is 2.27. The van der Waals surface area contributed by atoms with Gasteiger partial charge in [0.2, 0.25) is 5.78 Å². The van der Waals surface area contributed by atoms with Crippen LogP contribution >= 0.6 is 0 Å². The Hall–Kier alpha value is -2.41. The second kappa shape index (κ2) is 8.31. The minimum atomic E-state index is -0.744. The molecule has 26 heavy (non-hydrogen) atoms. The Labute approximate surface area is 153 Å². The van der Waals surface area contributed by atoms with Gasteiger partial charge in [-0.05, 0) is 31.4 Å². The Morgan fingerprint density at radius 2 is 1.96 bits per heavy atom. The zero-order valence-electron chi connectivity index (χ0n) is 15.1. The van der Waals surface area contributed by atoms with Crippen molar-refractivity contribution in [1.29, 1.82) is 0 Å². The molecule has 7 nitrogen and oxygen atoms in total. The van der Waals surface area contributed by atoms with Gasteiger partial charge in [0.25, 0.3) is 0 Å². The fraction of sp³-hybridized carbons (Fsp3) is 0.526. The first-order valence-electron chi connectivity index (χ1n) is 9.16. The highest BCUT2D eigenvalue weighted by molar-refractivity contribution is 6.33. The van der Waals surface area contributed by atoms with Crippen LogP contribution in [0, 0.1) is 0 Å². The fourth-order valence-electron chi connectivity index (χ4n) is 3.55. The number of nitrogens with one attached hydrogen (secondary N) is 1. The summed E-state index contributed by atoms with van der Waals surface area (Å²) in [4.78, 5) is 39.5. The van der Waals surface area contributed by atoms with Crippen LogP contribution in [0.25, 0.3) is 0 Å². The number of urea groups is 1. The van der Waals surface area contributed by atoms with Gasteiger partial charge in [0.1, 0.15) is 0 Å². The zero-order valence-corrected chi connectivity index (χ0v) is 15.1. The molecule has 7 heteroatoms. The van der Waals surface area contributed by atoms with E-state index in [4.69, 9.17) is 4.74 Å². The predicted octanol–water partition coefficient (Wildman–Crippen LogP) is 2.02. The van der Waals surface area contributed by atoms with Crippen molar-refractivity contribution >= 4 is 23.5 Å². The third-order valence-corrected chi connectivity index (χ3v) is 5.02. The lowest BCUT2D eigenvalue weighted by Crippen LogP contribution is -2.50. The summed E-state index contributed by atoms with van der Waals surface area (Å²) >= 11 is 0. The number of likely N-dealkylation sites (tertiary alicyclic amines) is 1. The standard InChI is InChI=1S/C19H25N3O4/c1-2-26-18(24)17(23)9-12-21-10-7-15(8-11-21)22-13-14-5-3-4-6-16(14)20-19(22)25/h3-6,15H,2,7-13H2,1H3,(H,20,25). The SMILES string of the molecule is CCOC(=O)C(=O)CCN1CCC(N2Cc3ccccc3NC2=O)CC1. The average Bonchev–Trinajstić information content (AvgIpc) is 2.66. The first-order valence-corrected chi connectivity index (χ1v) is 9.16. The molecule has 2 amide bonds. The number of amides is 2. The highest BCUT2D eigenvalue weighted by Gasteiger charge is 2.31. The lowest BCUT2D eigenvalue weighted by molar-refractivity contribution is -0.153. The Balaban J connectivity index is 1.47. The number of carbonyl (C=O) groups is 3. The molecule has 1 aromatic rings. The number of rotatable bonds is 6. The average molecular weight is 359 g/mol. The number of fused-ring (bicyclic) bond motifs is 1. The summed E-state index contributed by atoms with van der Waals surface area (Å²) in [5.41, 5.74) is 2.03. The van der Waals surface area contributed by atoms with E-state index >= 15 is 0 Å². The summed E-state index contributed by atoms with van der Waals surface area (Å²) in [6, 6.07) is 8.02. The van der Waals surface area contributed by atoms with Gasteiger partial charge in [0.15, 0.2) is 0 Å². The monoisotopic (exact) mass is 359 g/mol. The summed E-state index contributed by atoms with van der Waals surface area (Å²) in [5, 5.41) is 2.96. The van der Waals surface area contributed by atoms with Gasteiger partial charge in [-0.1, -0.05) is 18.2 Å². The number of anilines is 1. The number of ketones is 1. The molecular formula is C19H25N3O4. The molecule has 1 aromatic carbocycles. The normalized spacial score (nSPS) is 18.2. The van der Waals surface area contributed by atoms with Crippen molar-refractivity contribution in [3.05, 3.63) is 29.8 Å². The molecule has 2 aliphatic rings. The molecule has 0 atom stereocenters. The molecule has 0 spiro atoms. The second-order valence-corrected chi connectivity index (χ2v) is 6.68. The van der Waals surface area contributed by atoms with Crippen molar-refractivity contribution < 1.29 is 19.1 Å². The molecule has 0 bridgehead atoms. The molecule has 2 aliphatic heterocycles. The van der Waals surface area contributed by atoms with E-state index in [9.17, 15) is 14.4 Å². The van der Waals surface area contributed by atoms with Gasteiger partial charge in [0, 0.05) is 44.3 Å². The number of para-hydroxylation sites is 1. The molecule has 3 rings (SSSR count). The van der Waals surface area contributed by atoms with Gasteiger partial charge in [-0.15, -0.1) is 0 Å². The molecule has 140 valence electrons. The Morgan fingerprint density at radius 3 is 2.69 bits per heavy atom. The van der Waals surface area contributed by atoms with E-state index in [-0.39, 0.29) is 25.1 Å². The quantitative estimate of drug-likeness (QED) is 0.621. The van der Waals surface area contributed by atoms with Crippen LogP contribution in [0.3, 0.4) is 0 Å². The van der Waals surface area contributed by atoms with Gasteiger partial charge in [-0.2, -0.15) is 0 Å². The predicted molar refractivity (Wildman–Crippen MR) is 96.7 cm³/mol. The minimum Gasteiger partial charge on any atom is -0.460 e. The Morgan fingerprint density at radius 1 is 1.23 bits per heavy atom. The van der Waals surface area contributed by atoms with E-state index in [1.54, 1.807) is 6.92 Å². The molecule has 1 saturated heterocycles. The number of carbonyl (C=O) groups excluding carboxylic acids is 3. The van der Waals surface area contributed by atoms with Gasteiger partial charge < -0.3 is 19.9 Å². The van der Waals surface area contributed by atoms with E-state index in [0.29, 0.717) is 13.1 Å². The number of hydrogen-bond donors (Lipinski definition) is 1. The second-order valence-electron chi connectivity index (χ2n) is 6.68. The minimum absolute atomic E-state index is 0.0420. The maximum Gasteiger partial charge on any atom is 0.374 e. The molecule has 1 N–H and O–H groups in total. The summed E-state index contributed by atoms with van der Waals surface area (Å²) in [6.07, 6.45) is 1.91. The molecule has 0 unspecified atom stereocenters. The zero-order chi connectivity index (χ0) is 18.5. The van der Waals surface area contributed by atoms with Crippen LogP contribution < -0.4 is 5.32 Å². The van der Waals surface area contributed by atoms with Gasteiger partial charge in [0.05, 0.1) is 6.61 Å². The Kier molecular flexibility index (Phi) is 5.88. The van der Waals surface area contributed by atoms with Crippen LogP contribution in [-0.2, 0) is 20.9 Å². The highest BCUT2D eigenvalue weighted by atomic mass is 16.5. The summed E-state index contributed by atoms with van der Waals surface area (Å²) in [6.45, 7) is 4.72. The van der Waals surface area contributed by atoms with Crippen molar-refractivity contribution in [1.82, 2.24) is 9.80 Å². The van der Waals surface area contributed by atoms with Crippen molar-refractivity contribution in [2.24, 2.45) is 0 Å². The van der Waals surface area contributed by atoms with Crippen molar-refractivity contribution in [2.45, 2.75) is 38.8 Å². The van der Waals surface area contributed by atoms with Crippen molar-refractivity contribution in [3.8, 4) is 0 Å². The van der Waals surface area contributed by atoms with E-state index in [1.807, 2.05) is 29.2 Å². The van der Waals surface area contributed by atoms with Crippen LogP contribution in [0.15, 0.2) is 24.3 Å². The smallest absolute Gasteiger partial charge is 0.374 e. The van der Waals surface area contributed by atoms with Crippen LogP contribution in [0.1, 0.15) is 31.7 Å². The molecule has 0 radical (unpaired) electrons. The topological polar surface area (TPSA) is 79.0 Å². The van der Waals surface area contributed by atoms with E-state index < -0.39 is 11.8 Å². The van der Waals surface area contributed by atoms with Crippen LogP contribution in [0.5, 0.6) is 0 Å². The molecule has 0 aromatic heterocycles. The molecule has 0 aliphatic carbocycles. The summed E-state index contributed by atoms with van der Waals surface area (Å²) in [5.74, 6) is -1.22. The maximum absolute atomic E-state index is 12.4. The van der Waals surface area contributed by atoms with Gasteiger partial charge in [-0.3, -0.25) is 4.79 Å². The largest absolute Gasteiger partial charge is 0.460 e. The number of ether oxygens (including phenoxy) is 1. The van der Waals surface area contributed by atoms with Crippen LogP contribution in [0.4, 0.5) is 10.5 Å². The lowest BCUT2D eigenvalue weighted by Gasteiger charge is -2.40. The molecule has 1 fully saturated rings. The van der Waals surface area contributed by atoms with Crippen molar-refractivity contribution in [2.75, 3.05) is 31.6 Å². The summed E-state index contributed by atoms with van der Waals surface area (Å²) < 4.78 is 4.72. The van der Waals surface area contributed by atoms with Crippen LogP contribution in [-0.4, -0.2) is 59.9 Å². The molecule has 0 saturated carbocycles. The number of nitrogens with zero attached hydrogens (tertiary/aromatic N) is 2. The third-order valence-electron chi connectivity index (χ3n) is 5.02. The van der Waals surface area contributed by atoms with E-state index in [2.05, 4.69) is 10.2 Å². The molecular weight excluding hydrogens is 334 g/mol. The van der Waals surface area contributed by atoms with E-state index in [1.165, 1.54) is 0 Å². The van der Waals surface area contributed by atoms with Gasteiger partial charge >= 0.3 is 12.0 Å². The number of benzene rings is 1. The number of esters is 1. The van der Waals surface area contributed by atoms with Crippen LogP contribution in [0.2, 0.25) is 0 Å².